The van der Waals surface area contributed by atoms with Crippen molar-refractivity contribution in [3.63, 3.8) is 0 Å². The Kier molecular flexibility index (Phi) is 8.89. The van der Waals surface area contributed by atoms with E-state index in [2.05, 4.69) is 5.32 Å². The number of hydrogen-bond acceptors (Lipinski definition) is 3. The van der Waals surface area contributed by atoms with Gasteiger partial charge in [-0.15, -0.1) is 11.8 Å². The predicted octanol–water partition coefficient (Wildman–Crippen LogP) is 5.28. The molecule has 128 valence electrons. The summed E-state index contributed by atoms with van der Waals surface area (Å²) in [6.45, 7) is 0.693. The van der Waals surface area contributed by atoms with E-state index in [0.717, 1.165) is 27.3 Å². The average Bonchev–Trinajstić information content (AvgIpc) is 2.58. The van der Waals surface area contributed by atoms with Gasteiger partial charge in [-0.05, 0) is 35.4 Å². The van der Waals surface area contributed by atoms with E-state index in [4.69, 9.17) is 23.2 Å². The second kappa shape index (κ2) is 10.9. The highest BCUT2D eigenvalue weighted by Gasteiger charge is 2.02. The molecule has 0 bridgehead atoms. The van der Waals surface area contributed by atoms with Crippen molar-refractivity contribution in [2.24, 2.45) is 0 Å². The first-order chi connectivity index (χ1) is 11.6. The molecule has 2 rings (SSSR count). The van der Waals surface area contributed by atoms with Gasteiger partial charge in [0.1, 0.15) is 0 Å². The van der Waals surface area contributed by atoms with Gasteiger partial charge in [0, 0.05) is 33.8 Å². The van der Waals surface area contributed by atoms with Crippen LogP contribution >= 0.6 is 46.7 Å². The Balaban J connectivity index is 1.51. The fraction of sp³-hybridized carbons (Fsp3) is 0.278. The van der Waals surface area contributed by atoms with Gasteiger partial charge in [-0.3, -0.25) is 4.79 Å². The molecule has 0 unspecified atom stereocenters. The lowest BCUT2D eigenvalue weighted by atomic mass is 10.2. The number of amides is 1. The molecule has 1 amide bonds. The Morgan fingerprint density at radius 2 is 1.33 bits per heavy atom. The first kappa shape index (κ1) is 19.5. The SMILES string of the molecule is O=C(CSCc1ccc(Cl)cc1)NCCSCc1ccc(Cl)cc1. The molecule has 1 N–H and O–H groups in total. The number of nitrogens with one attached hydrogen (secondary N) is 1. The molecule has 0 aliphatic rings. The van der Waals surface area contributed by atoms with Gasteiger partial charge in [-0.25, -0.2) is 0 Å². The van der Waals surface area contributed by atoms with Crippen LogP contribution in [0.5, 0.6) is 0 Å². The third-order valence-corrected chi connectivity index (χ3v) is 5.70. The molecule has 2 nitrogen and oxygen atoms in total. The average molecular weight is 400 g/mol. The third kappa shape index (κ3) is 7.84. The van der Waals surface area contributed by atoms with Gasteiger partial charge in [0.15, 0.2) is 0 Å². The zero-order valence-electron chi connectivity index (χ0n) is 13.1. The largest absolute Gasteiger partial charge is 0.355 e. The number of benzene rings is 2. The summed E-state index contributed by atoms with van der Waals surface area (Å²) < 4.78 is 0. The van der Waals surface area contributed by atoms with Gasteiger partial charge in [0.25, 0.3) is 0 Å². The number of carbonyl (C=O) groups is 1. The quantitative estimate of drug-likeness (QED) is 0.581. The van der Waals surface area contributed by atoms with Crippen molar-refractivity contribution in [1.82, 2.24) is 5.32 Å². The minimum absolute atomic E-state index is 0.0843. The van der Waals surface area contributed by atoms with Crippen LogP contribution in [0.25, 0.3) is 0 Å². The highest BCUT2D eigenvalue weighted by molar-refractivity contribution is 7.99. The number of halogens is 2. The van der Waals surface area contributed by atoms with E-state index in [0.29, 0.717) is 12.3 Å². The van der Waals surface area contributed by atoms with E-state index >= 15 is 0 Å². The van der Waals surface area contributed by atoms with Gasteiger partial charge in [0.05, 0.1) is 5.75 Å². The zero-order chi connectivity index (χ0) is 17.2. The van der Waals surface area contributed by atoms with Crippen molar-refractivity contribution in [2.75, 3.05) is 18.1 Å². The van der Waals surface area contributed by atoms with Crippen molar-refractivity contribution in [3.8, 4) is 0 Å². The van der Waals surface area contributed by atoms with E-state index in [9.17, 15) is 4.79 Å². The van der Waals surface area contributed by atoms with E-state index in [-0.39, 0.29) is 5.91 Å². The van der Waals surface area contributed by atoms with Crippen LogP contribution in [-0.2, 0) is 16.3 Å². The fourth-order valence-corrected chi connectivity index (χ4v) is 3.82. The summed E-state index contributed by atoms with van der Waals surface area (Å²) in [6.07, 6.45) is 0. The van der Waals surface area contributed by atoms with Gasteiger partial charge < -0.3 is 5.32 Å². The minimum atomic E-state index is 0.0843. The molecule has 0 spiro atoms. The standard InChI is InChI=1S/C18H19Cl2NOS2/c19-16-5-1-14(2-6-16)11-23-10-9-21-18(22)13-24-12-15-3-7-17(20)8-4-15/h1-8H,9-13H2,(H,21,22). The second-order valence-electron chi connectivity index (χ2n) is 5.15. The molecule has 0 saturated carbocycles. The van der Waals surface area contributed by atoms with E-state index in [1.165, 1.54) is 11.1 Å². The van der Waals surface area contributed by atoms with Crippen LogP contribution < -0.4 is 5.32 Å². The van der Waals surface area contributed by atoms with Gasteiger partial charge in [-0.2, -0.15) is 11.8 Å². The number of hydrogen-bond donors (Lipinski definition) is 1. The van der Waals surface area contributed by atoms with Crippen LogP contribution in [0.1, 0.15) is 11.1 Å². The van der Waals surface area contributed by atoms with Gasteiger partial charge >= 0.3 is 0 Å². The maximum absolute atomic E-state index is 11.8. The Morgan fingerprint density at radius 1 is 0.833 bits per heavy atom. The second-order valence-corrected chi connectivity index (χ2v) is 8.11. The molecule has 2 aromatic carbocycles. The molecular formula is C18H19Cl2NOS2. The summed E-state index contributed by atoms with van der Waals surface area (Å²) in [6, 6.07) is 15.6. The normalized spacial score (nSPS) is 10.6. The van der Waals surface area contributed by atoms with Crippen LogP contribution in [0, 0.1) is 0 Å². The lowest BCUT2D eigenvalue weighted by molar-refractivity contribution is -0.118. The lowest BCUT2D eigenvalue weighted by Gasteiger charge is -2.06. The highest BCUT2D eigenvalue weighted by Crippen LogP contribution is 2.16. The van der Waals surface area contributed by atoms with Crippen molar-refractivity contribution in [1.29, 1.82) is 0 Å². The topological polar surface area (TPSA) is 29.1 Å². The van der Waals surface area contributed by atoms with Crippen LogP contribution in [0.4, 0.5) is 0 Å². The Hall–Kier alpha value is -0.810. The third-order valence-electron chi connectivity index (χ3n) is 3.17. The van der Waals surface area contributed by atoms with E-state index < -0.39 is 0 Å². The number of carbonyl (C=O) groups excluding carboxylic acids is 1. The first-order valence-electron chi connectivity index (χ1n) is 7.54. The Bertz CT molecular complexity index is 632. The molecule has 0 fully saturated rings. The number of rotatable bonds is 9. The maximum Gasteiger partial charge on any atom is 0.230 e. The molecule has 24 heavy (non-hydrogen) atoms. The molecular weight excluding hydrogens is 381 g/mol. The van der Waals surface area contributed by atoms with Crippen LogP contribution in [0.3, 0.4) is 0 Å². The minimum Gasteiger partial charge on any atom is -0.355 e. The van der Waals surface area contributed by atoms with E-state index in [1.54, 1.807) is 23.5 Å². The zero-order valence-corrected chi connectivity index (χ0v) is 16.3. The molecule has 0 saturated heterocycles. The summed E-state index contributed by atoms with van der Waals surface area (Å²) >= 11 is 15.1. The molecule has 0 aromatic heterocycles. The van der Waals surface area contributed by atoms with Gasteiger partial charge in [0.2, 0.25) is 5.91 Å². The Labute approximate surface area is 161 Å². The smallest absolute Gasteiger partial charge is 0.230 e. The van der Waals surface area contributed by atoms with Crippen molar-refractivity contribution >= 4 is 52.6 Å². The summed E-state index contributed by atoms with van der Waals surface area (Å²) in [5, 5.41) is 4.44. The molecule has 0 aliphatic heterocycles. The van der Waals surface area contributed by atoms with Crippen LogP contribution in [0.15, 0.2) is 48.5 Å². The molecule has 0 aliphatic carbocycles. The summed E-state index contributed by atoms with van der Waals surface area (Å²) in [4.78, 5) is 11.8. The van der Waals surface area contributed by atoms with Crippen molar-refractivity contribution in [3.05, 3.63) is 69.7 Å². The molecule has 2 aromatic rings. The molecule has 0 heterocycles. The molecule has 0 radical (unpaired) electrons. The van der Waals surface area contributed by atoms with Crippen molar-refractivity contribution in [2.45, 2.75) is 11.5 Å². The van der Waals surface area contributed by atoms with Crippen molar-refractivity contribution < 1.29 is 4.79 Å². The summed E-state index contributed by atoms with van der Waals surface area (Å²) in [7, 11) is 0. The number of thioether (sulfide) groups is 2. The van der Waals surface area contributed by atoms with E-state index in [1.807, 2.05) is 48.5 Å². The monoisotopic (exact) mass is 399 g/mol. The maximum atomic E-state index is 11.8. The summed E-state index contributed by atoms with van der Waals surface area (Å²) in [5.41, 5.74) is 2.42. The molecule has 0 atom stereocenters. The first-order valence-corrected chi connectivity index (χ1v) is 10.6. The lowest BCUT2D eigenvalue weighted by Crippen LogP contribution is -2.27. The predicted molar refractivity (Wildman–Crippen MR) is 108 cm³/mol. The Morgan fingerprint density at radius 3 is 1.88 bits per heavy atom. The molecule has 6 heteroatoms. The van der Waals surface area contributed by atoms with Crippen LogP contribution in [0.2, 0.25) is 10.0 Å². The highest BCUT2D eigenvalue weighted by atomic mass is 35.5. The van der Waals surface area contributed by atoms with Crippen LogP contribution in [-0.4, -0.2) is 24.0 Å². The van der Waals surface area contributed by atoms with Gasteiger partial charge in [-0.1, -0.05) is 47.5 Å². The fourth-order valence-electron chi connectivity index (χ4n) is 1.93. The summed E-state index contributed by atoms with van der Waals surface area (Å²) in [5.74, 6) is 3.20.